The molecule has 2 amide bonds. The smallest absolute Gasteiger partial charge is 0.251 e. The first kappa shape index (κ1) is 14.2. The number of carbonyl (C=O) groups is 2. The van der Waals surface area contributed by atoms with Gasteiger partial charge in [0.2, 0.25) is 5.91 Å². The van der Waals surface area contributed by atoms with E-state index in [1.165, 1.54) is 4.90 Å². The Bertz CT molecular complexity index is 579. The molecule has 1 aromatic rings. The zero-order valence-electron chi connectivity index (χ0n) is 12.5. The Morgan fingerprint density at radius 1 is 1.14 bits per heavy atom. The van der Waals surface area contributed by atoms with Crippen molar-refractivity contribution in [1.82, 2.24) is 4.90 Å². The lowest BCUT2D eigenvalue weighted by atomic mass is 10.1. The van der Waals surface area contributed by atoms with Gasteiger partial charge in [-0.25, -0.2) is 4.90 Å². The zero-order valence-corrected chi connectivity index (χ0v) is 12.5. The fourth-order valence-corrected chi connectivity index (χ4v) is 3.00. The van der Waals surface area contributed by atoms with Crippen LogP contribution >= 0.6 is 0 Å². The first-order chi connectivity index (χ1) is 10.1. The summed E-state index contributed by atoms with van der Waals surface area (Å²) < 4.78 is 5.32. The van der Waals surface area contributed by atoms with Crippen LogP contribution in [-0.2, 0) is 14.3 Å². The number of hydrogen-bond acceptors (Lipinski definition) is 4. The molecule has 2 saturated heterocycles. The van der Waals surface area contributed by atoms with Crippen LogP contribution in [0, 0.1) is 13.8 Å². The molecule has 0 N–H and O–H groups in total. The fourth-order valence-electron chi connectivity index (χ4n) is 3.00. The molecule has 0 aromatic heterocycles. The predicted octanol–water partition coefficient (Wildman–Crippen LogP) is 1.27. The van der Waals surface area contributed by atoms with Gasteiger partial charge in [-0.1, -0.05) is 12.1 Å². The van der Waals surface area contributed by atoms with Crippen LogP contribution in [0.1, 0.15) is 17.5 Å². The van der Waals surface area contributed by atoms with Gasteiger partial charge in [0.25, 0.3) is 5.91 Å². The summed E-state index contributed by atoms with van der Waals surface area (Å²) in [6, 6.07) is 5.52. The highest BCUT2D eigenvalue weighted by Gasteiger charge is 2.43. The normalized spacial score (nSPS) is 23.9. The molecular weight excluding hydrogens is 268 g/mol. The number of nitrogens with zero attached hydrogens (tertiary/aromatic N) is 2. The third-order valence-corrected chi connectivity index (χ3v) is 4.21. The van der Waals surface area contributed by atoms with Crippen molar-refractivity contribution in [3.05, 3.63) is 29.3 Å². The van der Waals surface area contributed by atoms with E-state index in [2.05, 4.69) is 4.90 Å². The van der Waals surface area contributed by atoms with E-state index in [4.69, 9.17) is 4.74 Å². The van der Waals surface area contributed by atoms with Crippen LogP contribution in [0.3, 0.4) is 0 Å². The number of amides is 2. The molecule has 112 valence electrons. The molecule has 5 heteroatoms. The molecule has 0 aliphatic carbocycles. The van der Waals surface area contributed by atoms with E-state index in [0.29, 0.717) is 26.3 Å². The van der Waals surface area contributed by atoms with Crippen molar-refractivity contribution < 1.29 is 14.3 Å². The monoisotopic (exact) mass is 288 g/mol. The molecule has 2 aliphatic rings. The Labute approximate surface area is 124 Å². The maximum absolute atomic E-state index is 12.7. The van der Waals surface area contributed by atoms with Gasteiger partial charge in [-0.3, -0.25) is 14.5 Å². The van der Waals surface area contributed by atoms with Crippen molar-refractivity contribution in [2.45, 2.75) is 26.3 Å². The molecule has 1 atom stereocenters. The van der Waals surface area contributed by atoms with Gasteiger partial charge < -0.3 is 4.74 Å². The number of hydrogen-bond donors (Lipinski definition) is 0. The number of morpholine rings is 1. The second-order valence-electron chi connectivity index (χ2n) is 5.73. The highest BCUT2D eigenvalue weighted by molar-refractivity contribution is 6.22. The van der Waals surface area contributed by atoms with Crippen molar-refractivity contribution in [1.29, 1.82) is 0 Å². The van der Waals surface area contributed by atoms with E-state index in [9.17, 15) is 9.59 Å². The highest BCUT2D eigenvalue weighted by atomic mass is 16.5. The van der Waals surface area contributed by atoms with Crippen molar-refractivity contribution in [2.75, 3.05) is 31.2 Å². The van der Waals surface area contributed by atoms with Crippen molar-refractivity contribution >= 4 is 17.5 Å². The third kappa shape index (κ3) is 2.59. The second kappa shape index (κ2) is 5.58. The Kier molecular flexibility index (Phi) is 3.78. The first-order valence-corrected chi connectivity index (χ1v) is 7.34. The minimum Gasteiger partial charge on any atom is -0.379 e. The van der Waals surface area contributed by atoms with E-state index in [1.54, 1.807) is 0 Å². The van der Waals surface area contributed by atoms with Crippen LogP contribution < -0.4 is 4.90 Å². The van der Waals surface area contributed by atoms with Gasteiger partial charge >= 0.3 is 0 Å². The van der Waals surface area contributed by atoms with E-state index in [0.717, 1.165) is 16.8 Å². The van der Waals surface area contributed by atoms with Crippen LogP contribution in [0.2, 0.25) is 0 Å². The van der Waals surface area contributed by atoms with Gasteiger partial charge in [0.05, 0.1) is 31.4 Å². The molecule has 1 aromatic carbocycles. The highest BCUT2D eigenvalue weighted by Crippen LogP contribution is 2.29. The van der Waals surface area contributed by atoms with Gasteiger partial charge in [-0.05, 0) is 31.0 Å². The van der Waals surface area contributed by atoms with E-state index in [1.807, 2.05) is 32.0 Å². The Morgan fingerprint density at radius 3 is 2.57 bits per heavy atom. The lowest BCUT2D eigenvalue weighted by Gasteiger charge is -2.30. The lowest BCUT2D eigenvalue weighted by Crippen LogP contribution is -2.47. The number of aryl methyl sites for hydroxylation is 2. The molecule has 0 bridgehead atoms. The molecule has 0 unspecified atom stereocenters. The lowest BCUT2D eigenvalue weighted by molar-refractivity contribution is -0.123. The van der Waals surface area contributed by atoms with E-state index >= 15 is 0 Å². The SMILES string of the molecule is Cc1ccc(C)c(N2C(=O)C[C@H](N3CCOCC3)C2=O)c1. The molecule has 0 radical (unpaired) electrons. The van der Waals surface area contributed by atoms with Crippen molar-refractivity contribution in [3.8, 4) is 0 Å². The van der Waals surface area contributed by atoms with Gasteiger partial charge in [-0.2, -0.15) is 0 Å². The summed E-state index contributed by atoms with van der Waals surface area (Å²) in [5.41, 5.74) is 2.72. The molecule has 2 heterocycles. The number of anilines is 1. The van der Waals surface area contributed by atoms with Crippen LogP contribution in [0.4, 0.5) is 5.69 Å². The van der Waals surface area contributed by atoms with Crippen LogP contribution in [0.25, 0.3) is 0 Å². The number of benzene rings is 1. The summed E-state index contributed by atoms with van der Waals surface area (Å²) in [5, 5.41) is 0. The van der Waals surface area contributed by atoms with E-state index < -0.39 is 0 Å². The largest absolute Gasteiger partial charge is 0.379 e. The van der Waals surface area contributed by atoms with Gasteiger partial charge in [0.15, 0.2) is 0 Å². The zero-order chi connectivity index (χ0) is 15.0. The van der Waals surface area contributed by atoms with Crippen molar-refractivity contribution in [3.63, 3.8) is 0 Å². The summed E-state index contributed by atoms with van der Waals surface area (Å²) in [7, 11) is 0. The number of rotatable bonds is 2. The summed E-state index contributed by atoms with van der Waals surface area (Å²) >= 11 is 0. The van der Waals surface area contributed by atoms with E-state index in [-0.39, 0.29) is 24.3 Å². The average molecular weight is 288 g/mol. The first-order valence-electron chi connectivity index (χ1n) is 7.34. The van der Waals surface area contributed by atoms with Crippen molar-refractivity contribution in [2.24, 2.45) is 0 Å². The molecule has 0 spiro atoms. The van der Waals surface area contributed by atoms with Gasteiger partial charge in [-0.15, -0.1) is 0 Å². The van der Waals surface area contributed by atoms with Crippen LogP contribution in [0.15, 0.2) is 18.2 Å². The standard InChI is InChI=1S/C16H20N2O3/c1-11-3-4-12(2)13(9-11)18-15(19)10-14(16(18)20)17-5-7-21-8-6-17/h3-4,9,14H,5-8,10H2,1-2H3/t14-/m0/s1. The fraction of sp³-hybridized carbons (Fsp3) is 0.500. The second-order valence-corrected chi connectivity index (χ2v) is 5.73. The number of ether oxygens (including phenoxy) is 1. The molecular formula is C16H20N2O3. The molecule has 21 heavy (non-hydrogen) atoms. The molecule has 0 saturated carbocycles. The summed E-state index contributed by atoms with van der Waals surface area (Å²) in [4.78, 5) is 28.5. The molecule has 2 aliphatic heterocycles. The molecule has 5 nitrogen and oxygen atoms in total. The molecule has 3 rings (SSSR count). The topological polar surface area (TPSA) is 49.9 Å². The van der Waals surface area contributed by atoms with Crippen LogP contribution in [0.5, 0.6) is 0 Å². The molecule has 2 fully saturated rings. The predicted molar refractivity (Wildman–Crippen MR) is 79.2 cm³/mol. The minimum atomic E-state index is -0.332. The summed E-state index contributed by atoms with van der Waals surface area (Å²) in [6.45, 7) is 6.57. The minimum absolute atomic E-state index is 0.101. The van der Waals surface area contributed by atoms with Gasteiger partial charge in [0, 0.05) is 13.1 Å². The quantitative estimate of drug-likeness (QED) is 0.769. The van der Waals surface area contributed by atoms with Gasteiger partial charge in [0.1, 0.15) is 0 Å². The van der Waals surface area contributed by atoms with Crippen LogP contribution in [-0.4, -0.2) is 49.1 Å². The summed E-state index contributed by atoms with van der Waals surface area (Å²) in [5.74, 6) is -0.208. The Balaban J connectivity index is 1.88. The Hall–Kier alpha value is -1.72. The third-order valence-electron chi connectivity index (χ3n) is 4.21. The maximum Gasteiger partial charge on any atom is 0.251 e. The number of carbonyl (C=O) groups excluding carboxylic acids is 2. The summed E-state index contributed by atoms with van der Waals surface area (Å²) in [6.07, 6.45) is 0.270. The number of imide groups is 1. The average Bonchev–Trinajstić information content (AvgIpc) is 2.78. The maximum atomic E-state index is 12.7. The Morgan fingerprint density at radius 2 is 1.86 bits per heavy atom.